The van der Waals surface area contributed by atoms with Gasteiger partial charge in [0.05, 0.1) is 43.7 Å². The van der Waals surface area contributed by atoms with Crippen molar-refractivity contribution in [2.45, 2.75) is 111 Å². The highest BCUT2D eigenvalue weighted by atomic mass is 16.5. The third kappa shape index (κ3) is 14.0. The third-order valence-corrected chi connectivity index (χ3v) is 7.81. The molecule has 1 heterocycles. The molecule has 1 unspecified atom stereocenters. The molecule has 0 aromatic heterocycles. The summed E-state index contributed by atoms with van der Waals surface area (Å²) in [6, 6.07) is 0. The van der Waals surface area contributed by atoms with Crippen molar-refractivity contribution in [1.29, 1.82) is 0 Å². The second kappa shape index (κ2) is 19.8. The molecule has 1 fully saturated rings. The molecule has 41 heavy (non-hydrogen) atoms. The lowest BCUT2D eigenvalue weighted by Gasteiger charge is -2.22. The molecule has 0 spiro atoms. The lowest BCUT2D eigenvalue weighted by Crippen LogP contribution is -2.27. The van der Waals surface area contributed by atoms with Gasteiger partial charge in [0.15, 0.2) is 0 Å². The molecule has 0 saturated carbocycles. The SMILES string of the molecule is CCOC(=O)C(=C\[C@H](C)CCC(O)/C=C/[C@H](C)[C@@H]1O[C@@H]([C@H](C)OC)C[C@@H]1C)/C=C/CCC[C@@H](C)/C=C(\C)C(=O)OC. The highest BCUT2D eigenvalue weighted by Gasteiger charge is 2.37. The monoisotopic (exact) mass is 576 g/mol. The van der Waals surface area contributed by atoms with Crippen LogP contribution in [0.3, 0.4) is 0 Å². The number of allylic oxidation sites excluding steroid dienone is 3. The standard InChI is InChI=1S/C34H56O7/c1-10-40-34(37)29(15-13-11-12-14-23(2)20-27(6)33(36)39-9)21-24(3)16-18-30(35)19-17-25(4)32-26(5)22-31(41-32)28(7)38-8/h13,15,17,19-21,23-26,28,30-32,35H,10-12,14,16,18,22H2,1-9H3/b15-13+,19-17+,27-20+,29-21-/t23-,24-,25+,26+,28+,30?,31-,32+/m1/s1. The Morgan fingerprint density at radius 2 is 1.68 bits per heavy atom. The maximum absolute atomic E-state index is 12.5. The highest BCUT2D eigenvalue weighted by molar-refractivity contribution is 5.91. The Labute approximate surface area is 249 Å². The Balaban J connectivity index is 2.62. The minimum Gasteiger partial charge on any atom is -0.466 e. The van der Waals surface area contributed by atoms with E-state index in [4.69, 9.17) is 18.9 Å². The molecule has 0 bridgehead atoms. The molecule has 0 aromatic rings. The number of rotatable bonds is 18. The fraction of sp³-hybridized carbons (Fsp3) is 0.706. The molecule has 0 aliphatic carbocycles. The van der Waals surface area contributed by atoms with Crippen LogP contribution in [0.5, 0.6) is 0 Å². The smallest absolute Gasteiger partial charge is 0.337 e. The van der Waals surface area contributed by atoms with Gasteiger partial charge in [-0.15, -0.1) is 0 Å². The minimum absolute atomic E-state index is 0.0721. The number of ether oxygens (including phenoxy) is 4. The second-order valence-corrected chi connectivity index (χ2v) is 11.7. The average molecular weight is 577 g/mol. The quantitative estimate of drug-likeness (QED) is 0.0634. The Kier molecular flexibility index (Phi) is 17.8. The van der Waals surface area contributed by atoms with Crippen molar-refractivity contribution < 1.29 is 33.6 Å². The summed E-state index contributed by atoms with van der Waals surface area (Å²) in [5.74, 6) is 0.360. The zero-order chi connectivity index (χ0) is 30.9. The van der Waals surface area contributed by atoms with E-state index in [-0.39, 0.29) is 48.0 Å². The number of methoxy groups -OCH3 is 2. The van der Waals surface area contributed by atoms with Crippen LogP contribution in [0.2, 0.25) is 0 Å². The fourth-order valence-electron chi connectivity index (χ4n) is 5.23. The van der Waals surface area contributed by atoms with Crippen LogP contribution in [0.25, 0.3) is 0 Å². The predicted molar refractivity (Wildman–Crippen MR) is 164 cm³/mol. The Hall–Kier alpha value is -2.22. The van der Waals surface area contributed by atoms with E-state index >= 15 is 0 Å². The van der Waals surface area contributed by atoms with E-state index in [1.807, 2.05) is 37.3 Å². The lowest BCUT2D eigenvalue weighted by atomic mass is 9.91. The van der Waals surface area contributed by atoms with E-state index in [1.54, 1.807) is 21.0 Å². The average Bonchev–Trinajstić information content (AvgIpc) is 3.34. The zero-order valence-electron chi connectivity index (χ0n) is 26.9. The molecule has 1 aliphatic rings. The van der Waals surface area contributed by atoms with E-state index in [9.17, 15) is 14.7 Å². The van der Waals surface area contributed by atoms with Gasteiger partial charge in [-0.2, -0.15) is 0 Å². The molecule has 0 aromatic carbocycles. The minimum atomic E-state index is -0.556. The van der Waals surface area contributed by atoms with Gasteiger partial charge in [0.1, 0.15) is 0 Å². The Morgan fingerprint density at radius 1 is 1.00 bits per heavy atom. The summed E-state index contributed by atoms with van der Waals surface area (Å²) >= 11 is 0. The van der Waals surface area contributed by atoms with Crippen LogP contribution in [0.15, 0.2) is 47.6 Å². The van der Waals surface area contributed by atoms with Gasteiger partial charge in [0, 0.05) is 18.6 Å². The number of hydrogen-bond donors (Lipinski definition) is 1. The molecule has 1 aliphatic heterocycles. The summed E-state index contributed by atoms with van der Waals surface area (Å²) in [6.45, 7) is 14.4. The van der Waals surface area contributed by atoms with Gasteiger partial charge in [-0.25, -0.2) is 9.59 Å². The zero-order valence-corrected chi connectivity index (χ0v) is 26.9. The number of esters is 2. The van der Waals surface area contributed by atoms with Crippen molar-refractivity contribution in [3.05, 3.63) is 47.6 Å². The van der Waals surface area contributed by atoms with Gasteiger partial charge in [0.2, 0.25) is 0 Å². The van der Waals surface area contributed by atoms with Gasteiger partial charge in [0.25, 0.3) is 0 Å². The molecule has 1 rings (SSSR count). The van der Waals surface area contributed by atoms with Gasteiger partial charge in [-0.1, -0.05) is 64.2 Å². The fourth-order valence-corrected chi connectivity index (χ4v) is 5.23. The summed E-state index contributed by atoms with van der Waals surface area (Å²) < 4.78 is 21.7. The first-order valence-electron chi connectivity index (χ1n) is 15.3. The van der Waals surface area contributed by atoms with Crippen molar-refractivity contribution >= 4 is 11.9 Å². The lowest BCUT2D eigenvalue weighted by molar-refractivity contribution is -0.138. The first-order valence-corrected chi connectivity index (χ1v) is 15.3. The van der Waals surface area contributed by atoms with Gasteiger partial charge < -0.3 is 24.1 Å². The molecule has 0 radical (unpaired) electrons. The first-order chi connectivity index (χ1) is 19.4. The number of carbonyl (C=O) groups excluding carboxylic acids is 2. The molecule has 234 valence electrons. The largest absolute Gasteiger partial charge is 0.466 e. The van der Waals surface area contributed by atoms with Gasteiger partial charge >= 0.3 is 11.9 Å². The van der Waals surface area contributed by atoms with Crippen molar-refractivity contribution in [2.24, 2.45) is 23.7 Å². The number of carbonyl (C=O) groups is 2. The Morgan fingerprint density at radius 3 is 2.32 bits per heavy atom. The molecule has 7 nitrogen and oxygen atoms in total. The second-order valence-electron chi connectivity index (χ2n) is 11.7. The Bertz CT molecular complexity index is 903. The number of aliphatic hydroxyl groups excluding tert-OH is 1. The van der Waals surface area contributed by atoms with E-state index in [0.29, 0.717) is 30.1 Å². The van der Waals surface area contributed by atoms with Crippen molar-refractivity contribution in [1.82, 2.24) is 0 Å². The van der Waals surface area contributed by atoms with E-state index in [2.05, 4.69) is 33.8 Å². The molecule has 7 heteroatoms. The number of unbranched alkanes of at least 4 members (excludes halogenated alkanes) is 1. The first kappa shape index (κ1) is 36.8. The van der Waals surface area contributed by atoms with Crippen molar-refractivity contribution in [3.8, 4) is 0 Å². The summed E-state index contributed by atoms with van der Waals surface area (Å²) in [5, 5.41) is 10.6. The summed E-state index contributed by atoms with van der Waals surface area (Å²) in [7, 11) is 3.10. The highest BCUT2D eigenvalue weighted by Crippen LogP contribution is 2.33. The van der Waals surface area contributed by atoms with E-state index in [1.165, 1.54) is 7.11 Å². The van der Waals surface area contributed by atoms with Crippen LogP contribution < -0.4 is 0 Å². The summed E-state index contributed by atoms with van der Waals surface area (Å²) in [5.41, 5.74) is 1.16. The van der Waals surface area contributed by atoms with Gasteiger partial charge in [-0.05, 0) is 77.0 Å². The maximum Gasteiger partial charge on any atom is 0.337 e. The van der Waals surface area contributed by atoms with Gasteiger partial charge in [-0.3, -0.25) is 0 Å². The molecular weight excluding hydrogens is 520 g/mol. The molecular formula is C34H56O7. The van der Waals surface area contributed by atoms with E-state index in [0.717, 1.165) is 32.1 Å². The summed E-state index contributed by atoms with van der Waals surface area (Å²) in [4.78, 5) is 24.1. The molecule has 1 saturated heterocycles. The van der Waals surface area contributed by atoms with E-state index < -0.39 is 6.10 Å². The van der Waals surface area contributed by atoms with Crippen molar-refractivity contribution in [3.63, 3.8) is 0 Å². The third-order valence-electron chi connectivity index (χ3n) is 7.81. The van der Waals surface area contributed by atoms with Crippen LogP contribution in [-0.2, 0) is 28.5 Å². The number of aliphatic hydroxyl groups is 1. The van der Waals surface area contributed by atoms with Crippen molar-refractivity contribution in [2.75, 3.05) is 20.8 Å². The maximum atomic E-state index is 12.5. The molecule has 0 amide bonds. The van der Waals surface area contributed by atoms with Crippen LogP contribution in [0.4, 0.5) is 0 Å². The van der Waals surface area contributed by atoms with Crippen LogP contribution >= 0.6 is 0 Å². The molecule has 1 N–H and O–H groups in total. The normalized spacial score (nSPS) is 23.9. The van der Waals surface area contributed by atoms with Crippen LogP contribution in [-0.4, -0.2) is 62.3 Å². The van der Waals surface area contributed by atoms with Crippen LogP contribution in [0.1, 0.15) is 87.0 Å². The number of hydrogen-bond acceptors (Lipinski definition) is 7. The summed E-state index contributed by atoms with van der Waals surface area (Å²) in [6.07, 6.45) is 16.4. The van der Waals surface area contributed by atoms with Crippen LogP contribution in [0, 0.1) is 23.7 Å². The topological polar surface area (TPSA) is 91.3 Å². The predicted octanol–water partition coefficient (Wildman–Crippen LogP) is 6.76. The molecule has 8 atom stereocenters.